The van der Waals surface area contributed by atoms with Gasteiger partial charge in [0.1, 0.15) is 0 Å². The number of hydrogen-bond donors (Lipinski definition) is 0. The van der Waals surface area contributed by atoms with Crippen LogP contribution in [-0.2, 0) is 0 Å². The summed E-state index contributed by atoms with van der Waals surface area (Å²) >= 11 is 0. The average Bonchev–Trinajstić information content (AvgIpc) is 2.87. The minimum absolute atomic E-state index is 0.101. The molecule has 0 aliphatic heterocycles. The molecular weight excluding hydrogens is 445 g/mol. The second-order valence-corrected chi connectivity index (χ2v) is 9.36. The van der Waals surface area contributed by atoms with Crippen molar-refractivity contribution in [3.05, 3.63) is 101 Å². The molecule has 1 saturated carbocycles. The molecule has 1 aliphatic rings. The second-order valence-electron chi connectivity index (χ2n) is 9.36. The number of ether oxygens (including phenoxy) is 1. The van der Waals surface area contributed by atoms with Crippen molar-refractivity contribution < 1.29 is 17.9 Å². The Morgan fingerprint density at radius 2 is 1.57 bits per heavy atom. The van der Waals surface area contributed by atoms with E-state index >= 15 is 0 Å². The standard InChI is InChI=1S/C31H31F3O/c1-3-4-19-35-29-18-16-26(20-28(29)32)23-12-7-22(8-13-23)9-14-25-15-17-27(31(34)30(25)33)24-10-5-21(2)6-11-24/h3,7-9,12-18,20-21,24H,1,4-6,10-11,19H2,2H3/b14-9+. The van der Waals surface area contributed by atoms with Crippen LogP contribution in [0.15, 0.2) is 67.3 Å². The third kappa shape index (κ3) is 6.05. The molecule has 0 atom stereocenters. The summed E-state index contributed by atoms with van der Waals surface area (Å²) < 4.78 is 49.3. The van der Waals surface area contributed by atoms with Crippen LogP contribution in [0.4, 0.5) is 13.2 Å². The fourth-order valence-corrected chi connectivity index (χ4v) is 4.62. The number of rotatable bonds is 8. The highest BCUT2D eigenvalue weighted by molar-refractivity contribution is 5.72. The third-order valence-electron chi connectivity index (χ3n) is 6.81. The number of halogens is 3. The molecule has 1 fully saturated rings. The van der Waals surface area contributed by atoms with Crippen LogP contribution in [0.2, 0.25) is 0 Å². The van der Waals surface area contributed by atoms with Gasteiger partial charge in [-0.25, -0.2) is 13.2 Å². The Hall–Kier alpha value is -3.27. The van der Waals surface area contributed by atoms with Crippen molar-refractivity contribution in [2.75, 3.05) is 6.61 Å². The van der Waals surface area contributed by atoms with Crippen molar-refractivity contribution in [2.24, 2.45) is 5.92 Å². The average molecular weight is 477 g/mol. The van der Waals surface area contributed by atoms with Crippen LogP contribution >= 0.6 is 0 Å². The first kappa shape index (κ1) is 24.8. The Morgan fingerprint density at radius 3 is 2.26 bits per heavy atom. The minimum Gasteiger partial charge on any atom is -0.490 e. The maximum absolute atomic E-state index is 14.8. The van der Waals surface area contributed by atoms with Crippen LogP contribution in [0.3, 0.4) is 0 Å². The van der Waals surface area contributed by atoms with E-state index in [2.05, 4.69) is 13.5 Å². The van der Waals surface area contributed by atoms with E-state index in [4.69, 9.17) is 4.74 Å². The highest BCUT2D eigenvalue weighted by Gasteiger charge is 2.24. The van der Waals surface area contributed by atoms with E-state index in [1.165, 1.54) is 6.07 Å². The van der Waals surface area contributed by atoms with Gasteiger partial charge in [-0.2, -0.15) is 0 Å². The van der Waals surface area contributed by atoms with E-state index in [1.54, 1.807) is 36.4 Å². The van der Waals surface area contributed by atoms with E-state index in [9.17, 15) is 13.2 Å². The van der Waals surface area contributed by atoms with Gasteiger partial charge in [0.05, 0.1) is 6.61 Å². The minimum atomic E-state index is -0.792. The van der Waals surface area contributed by atoms with E-state index in [0.29, 0.717) is 24.5 Å². The van der Waals surface area contributed by atoms with Crippen LogP contribution < -0.4 is 4.74 Å². The first-order chi connectivity index (χ1) is 17.0. The predicted octanol–water partition coefficient (Wildman–Crippen LogP) is 9.19. The molecule has 0 heterocycles. The fraction of sp³-hybridized carbons (Fsp3) is 0.290. The molecule has 3 aromatic carbocycles. The lowest BCUT2D eigenvalue weighted by Crippen LogP contribution is -2.13. The molecule has 0 spiro atoms. The molecule has 0 radical (unpaired) electrons. The van der Waals surface area contributed by atoms with Crippen LogP contribution in [-0.4, -0.2) is 6.61 Å². The van der Waals surface area contributed by atoms with Crippen LogP contribution in [0.25, 0.3) is 23.3 Å². The third-order valence-corrected chi connectivity index (χ3v) is 6.81. The molecule has 0 N–H and O–H groups in total. The van der Waals surface area contributed by atoms with Gasteiger partial charge in [-0.3, -0.25) is 0 Å². The highest BCUT2D eigenvalue weighted by Crippen LogP contribution is 2.37. The molecule has 35 heavy (non-hydrogen) atoms. The lowest BCUT2D eigenvalue weighted by Gasteiger charge is -2.27. The summed E-state index contributed by atoms with van der Waals surface area (Å²) in [6.45, 7) is 6.22. The van der Waals surface area contributed by atoms with Gasteiger partial charge in [-0.05, 0) is 65.5 Å². The molecule has 0 aromatic heterocycles. The number of hydrogen-bond acceptors (Lipinski definition) is 1. The van der Waals surface area contributed by atoms with Gasteiger partial charge in [0.15, 0.2) is 23.2 Å². The Labute approximate surface area is 206 Å². The van der Waals surface area contributed by atoms with Crippen LogP contribution in [0.1, 0.15) is 61.6 Å². The van der Waals surface area contributed by atoms with Crippen molar-refractivity contribution in [1.29, 1.82) is 0 Å². The van der Waals surface area contributed by atoms with Gasteiger partial charge in [0.2, 0.25) is 0 Å². The second kappa shape index (κ2) is 11.4. The molecule has 182 valence electrons. The first-order valence-corrected chi connectivity index (χ1v) is 12.3. The molecule has 1 aliphatic carbocycles. The topological polar surface area (TPSA) is 9.23 Å². The van der Waals surface area contributed by atoms with Gasteiger partial charge in [0, 0.05) is 5.56 Å². The molecule has 0 saturated heterocycles. The smallest absolute Gasteiger partial charge is 0.166 e. The summed E-state index contributed by atoms with van der Waals surface area (Å²) in [6.07, 6.45) is 9.65. The zero-order chi connectivity index (χ0) is 24.8. The molecule has 1 nitrogen and oxygen atoms in total. The molecule has 0 unspecified atom stereocenters. The Balaban J connectivity index is 1.44. The summed E-state index contributed by atoms with van der Waals surface area (Å²) in [5.41, 5.74) is 3.15. The van der Waals surface area contributed by atoms with Crippen LogP contribution in [0, 0.1) is 23.4 Å². The quantitative estimate of drug-likeness (QED) is 0.179. The zero-order valence-electron chi connectivity index (χ0n) is 20.1. The fourth-order valence-electron chi connectivity index (χ4n) is 4.62. The van der Waals surface area contributed by atoms with E-state index in [0.717, 1.165) is 42.4 Å². The van der Waals surface area contributed by atoms with Gasteiger partial charge < -0.3 is 4.74 Å². The number of benzene rings is 3. The van der Waals surface area contributed by atoms with Gasteiger partial charge in [-0.1, -0.05) is 80.5 Å². The van der Waals surface area contributed by atoms with Gasteiger partial charge in [0.25, 0.3) is 0 Å². The Kier molecular flexibility index (Phi) is 8.12. The molecular formula is C31H31F3O. The summed E-state index contributed by atoms with van der Waals surface area (Å²) in [7, 11) is 0. The van der Waals surface area contributed by atoms with E-state index in [1.807, 2.05) is 30.3 Å². The maximum Gasteiger partial charge on any atom is 0.166 e. The Morgan fingerprint density at radius 1 is 0.857 bits per heavy atom. The summed E-state index contributed by atoms with van der Waals surface area (Å²) in [6, 6.07) is 15.8. The SMILES string of the molecule is C=CCCOc1ccc(-c2ccc(/C=C/c3ccc(C4CCC(C)CC4)c(F)c3F)cc2)cc1F. The summed E-state index contributed by atoms with van der Waals surface area (Å²) in [4.78, 5) is 0. The molecule has 0 amide bonds. The maximum atomic E-state index is 14.8. The predicted molar refractivity (Wildman–Crippen MR) is 138 cm³/mol. The van der Waals surface area contributed by atoms with E-state index < -0.39 is 17.5 Å². The Bertz CT molecular complexity index is 1190. The van der Waals surface area contributed by atoms with Crippen molar-refractivity contribution in [3.63, 3.8) is 0 Å². The lowest BCUT2D eigenvalue weighted by molar-refractivity contribution is 0.308. The van der Waals surface area contributed by atoms with Gasteiger partial charge >= 0.3 is 0 Å². The zero-order valence-corrected chi connectivity index (χ0v) is 20.1. The lowest BCUT2D eigenvalue weighted by atomic mass is 9.79. The summed E-state index contributed by atoms with van der Waals surface area (Å²) in [5, 5.41) is 0. The highest BCUT2D eigenvalue weighted by atomic mass is 19.2. The van der Waals surface area contributed by atoms with Gasteiger partial charge in [-0.15, -0.1) is 6.58 Å². The van der Waals surface area contributed by atoms with Crippen molar-refractivity contribution in [2.45, 2.75) is 44.9 Å². The van der Waals surface area contributed by atoms with Crippen LogP contribution in [0.5, 0.6) is 5.75 Å². The summed E-state index contributed by atoms with van der Waals surface area (Å²) in [5.74, 6) is -0.954. The molecule has 4 heteroatoms. The van der Waals surface area contributed by atoms with Crippen molar-refractivity contribution in [3.8, 4) is 16.9 Å². The molecule has 3 aromatic rings. The first-order valence-electron chi connectivity index (χ1n) is 12.3. The van der Waals surface area contributed by atoms with Crippen molar-refractivity contribution >= 4 is 12.2 Å². The molecule has 0 bridgehead atoms. The normalized spacial score (nSPS) is 18.1. The molecule has 4 rings (SSSR count). The van der Waals surface area contributed by atoms with E-state index in [-0.39, 0.29) is 17.2 Å². The van der Waals surface area contributed by atoms with Crippen molar-refractivity contribution in [1.82, 2.24) is 0 Å². The monoisotopic (exact) mass is 476 g/mol. The largest absolute Gasteiger partial charge is 0.490 e.